The van der Waals surface area contributed by atoms with Crippen molar-refractivity contribution in [2.75, 3.05) is 6.61 Å². The third-order valence-corrected chi connectivity index (χ3v) is 2.41. The van der Waals surface area contributed by atoms with Crippen LogP contribution in [0.15, 0.2) is 48.5 Å². The topological polar surface area (TPSA) is 9.23 Å². The van der Waals surface area contributed by atoms with E-state index in [1.807, 2.05) is 31.2 Å². The lowest BCUT2D eigenvalue weighted by Crippen LogP contribution is -1.93. The summed E-state index contributed by atoms with van der Waals surface area (Å²) >= 11 is 0. The Labute approximate surface area is 106 Å². The molecule has 0 heterocycles. The SMILES string of the molecule is Cc1ccc(C#CCOc2ccc(F)cc2)cc1. The summed E-state index contributed by atoms with van der Waals surface area (Å²) in [5.74, 6) is 6.27. The van der Waals surface area contributed by atoms with Gasteiger partial charge < -0.3 is 4.74 Å². The first-order valence-corrected chi connectivity index (χ1v) is 5.68. The minimum absolute atomic E-state index is 0.270. The van der Waals surface area contributed by atoms with Crippen LogP contribution in [-0.2, 0) is 0 Å². The van der Waals surface area contributed by atoms with E-state index >= 15 is 0 Å². The molecule has 0 spiro atoms. The quantitative estimate of drug-likeness (QED) is 0.729. The fraction of sp³-hybridized carbons (Fsp3) is 0.125. The molecule has 2 aromatic rings. The van der Waals surface area contributed by atoms with Crippen LogP contribution in [0.25, 0.3) is 0 Å². The summed E-state index contributed by atoms with van der Waals surface area (Å²) in [5.41, 5.74) is 2.17. The molecule has 18 heavy (non-hydrogen) atoms. The van der Waals surface area contributed by atoms with Gasteiger partial charge in [0.1, 0.15) is 18.2 Å². The summed E-state index contributed by atoms with van der Waals surface area (Å²) < 4.78 is 18.0. The Hall–Kier alpha value is -2.27. The van der Waals surface area contributed by atoms with Gasteiger partial charge >= 0.3 is 0 Å². The largest absolute Gasteiger partial charge is 0.481 e. The van der Waals surface area contributed by atoms with E-state index in [1.54, 1.807) is 12.1 Å². The van der Waals surface area contributed by atoms with Crippen LogP contribution in [0.2, 0.25) is 0 Å². The van der Waals surface area contributed by atoms with E-state index in [1.165, 1.54) is 17.7 Å². The van der Waals surface area contributed by atoms with Crippen molar-refractivity contribution in [1.82, 2.24) is 0 Å². The number of benzene rings is 2. The first kappa shape index (κ1) is 12.2. The van der Waals surface area contributed by atoms with Crippen LogP contribution in [0.3, 0.4) is 0 Å². The van der Waals surface area contributed by atoms with E-state index in [2.05, 4.69) is 11.8 Å². The normalized spacial score (nSPS) is 9.44. The number of aryl methyl sites for hydroxylation is 1. The molecule has 0 amide bonds. The van der Waals surface area contributed by atoms with Gasteiger partial charge in [-0.2, -0.15) is 0 Å². The Morgan fingerprint density at radius 1 is 1.00 bits per heavy atom. The Morgan fingerprint density at radius 2 is 1.67 bits per heavy atom. The molecule has 1 nitrogen and oxygen atoms in total. The van der Waals surface area contributed by atoms with Crippen molar-refractivity contribution in [3.8, 4) is 17.6 Å². The standard InChI is InChI=1S/C16H13FO/c1-13-4-6-14(7-5-13)3-2-12-18-16-10-8-15(17)9-11-16/h4-11H,12H2,1H3. The summed E-state index contributed by atoms with van der Waals surface area (Å²) in [5, 5.41) is 0. The molecule has 0 unspecified atom stereocenters. The molecule has 90 valence electrons. The molecular weight excluding hydrogens is 227 g/mol. The number of ether oxygens (including phenoxy) is 1. The molecule has 0 saturated heterocycles. The lowest BCUT2D eigenvalue weighted by Gasteiger charge is -2.00. The van der Waals surface area contributed by atoms with Gasteiger partial charge in [-0.05, 0) is 43.3 Å². The van der Waals surface area contributed by atoms with E-state index < -0.39 is 0 Å². The third kappa shape index (κ3) is 3.64. The van der Waals surface area contributed by atoms with E-state index in [9.17, 15) is 4.39 Å². The second kappa shape index (κ2) is 5.88. The molecule has 0 aliphatic rings. The highest BCUT2D eigenvalue weighted by molar-refractivity contribution is 5.36. The fourth-order valence-corrected chi connectivity index (χ4v) is 1.43. The van der Waals surface area contributed by atoms with Crippen molar-refractivity contribution in [2.45, 2.75) is 6.92 Å². The average molecular weight is 240 g/mol. The predicted octanol–water partition coefficient (Wildman–Crippen LogP) is 3.56. The summed E-state index contributed by atoms with van der Waals surface area (Å²) in [4.78, 5) is 0. The molecule has 2 aromatic carbocycles. The molecule has 0 atom stereocenters. The highest BCUT2D eigenvalue weighted by atomic mass is 19.1. The van der Waals surface area contributed by atoms with E-state index in [-0.39, 0.29) is 5.82 Å². The van der Waals surface area contributed by atoms with Crippen LogP contribution in [0.1, 0.15) is 11.1 Å². The van der Waals surface area contributed by atoms with Crippen molar-refractivity contribution in [1.29, 1.82) is 0 Å². The Balaban J connectivity index is 1.89. The zero-order valence-electron chi connectivity index (χ0n) is 10.1. The van der Waals surface area contributed by atoms with Gasteiger partial charge in [-0.3, -0.25) is 0 Å². The molecule has 2 heteroatoms. The summed E-state index contributed by atoms with van der Waals surface area (Å²) in [6.45, 7) is 2.33. The summed E-state index contributed by atoms with van der Waals surface area (Å²) in [6.07, 6.45) is 0. The van der Waals surface area contributed by atoms with Crippen LogP contribution in [-0.4, -0.2) is 6.61 Å². The number of rotatable bonds is 2. The van der Waals surface area contributed by atoms with Crippen LogP contribution in [0, 0.1) is 24.6 Å². The maximum atomic E-state index is 12.6. The van der Waals surface area contributed by atoms with Gasteiger partial charge in [0, 0.05) is 5.56 Å². The molecular formula is C16H13FO. The molecule has 0 fully saturated rings. The molecule has 0 radical (unpaired) electrons. The second-order valence-corrected chi connectivity index (χ2v) is 3.91. The summed E-state index contributed by atoms with van der Waals surface area (Å²) in [7, 11) is 0. The van der Waals surface area contributed by atoms with Crippen LogP contribution < -0.4 is 4.74 Å². The highest BCUT2D eigenvalue weighted by Crippen LogP contribution is 2.10. The molecule has 0 aliphatic heterocycles. The minimum Gasteiger partial charge on any atom is -0.481 e. The van der Waals surface area contributed by atoms with E-state index in [4.69, 9.17) is 4.74 Å². The second-order valence-electron chi connectivity index (χ2n) is 3.91. The smallest absolute Gasteiger partial charge is 0.149 e. The van der Waals surface area contributed by atoms with Crippen molar-refractivity contribution in [2.24, 2.45) is 0 Å². The molecule has 0 bridgehead atoms. The van der Waals surface area contributed by atoms with Gasteiger partial charge in [0.25, 0.3) is 0 Å². The van der Waals surface area contributed by atoms with Gasteiger partial charge in [-0.25, -0.2) is 4.39 Å². The Bertz CT molecular complexity index is 559. The molecule has 0 N–H and O–H groups in total. The van der Waals surface area contributed by atoms with Crippen molar-refractivity contribution in [3.05, 3.63) is 65.5 Å². The van der Waals surface area contributed by atoms with Gasteiger partial charge in [-0.15, -0.1) is 0 Å². The van der Waals surface area contributed by atoms with Gasteiger partial charge in [-0.1, -0.05) is 29.5 Å². The van der Waals surface area contributed by atoms with Crippen LogP contribution in [0.4, 0.5) is 4.39 Å². The molecule has 0 aliphatic carbocycles. The lowest BCUT2D eigenvalue weighted by molar-refractivity contribution is 0.369. The first-order valence-electron chi connectivity index (χ1n) is 5.68. The van der Waals surface area contributed by atoms with Crippen LogP contribution in [0.5, 0.6) is 5.75 Å². The van der Waals surface area contributed by atoms with E-state index in [0.29, 0.717) is 12.4 Å². The zero-order chi connectivity index (χ0) is 12.8. The van der Waals surface area contributed by atoms with Crippen LogP contribution >= 0.6 is 0 Å². The summed E-state index contributed by atoms with van der Waals surface area (Å²) in [6, 6.07) is 13.9. The van der Waals surface area contributed by atoms with Crippen molar-refractivity contribution in [3.63, 3.8) is 0 Å². The van der Waals surface area contributed by atoms with E-state index in [0.717, 1.165) is 5.56 Å². The zero-order valence-corrected chi connectivity index (χ0v) is 10.1. The lowest BCUT2D eigenvalue weighted by atomic mass is 10.2. The van der Waals surface area contributed by atoms with Crippen molar-refractivity contribution < 1.29 is 9.13 Å². The fourth-order valence-electron chi connectivity index (χ4n) is 1.43. The number of halogens is 1. The van der Waals surface area contributed by atoms with Gasteiger partial charge in [0.15, 0.2) is 0 Å². The molecule has 0 saturated carbocycles. The Morgan fingerprint density at radius 3 is 2.33 bits per heavy atom. The van der Waals surface area contributed by atoms with Gasteiger partial charge in [0.05, 0.1) is 0 Å². The molecule has 0 aromatic heterocycles. The number of hydrogen-bond donors (Lipinski definition) is 0. The Kier molecular flexibility index (Phi) is 3.98. The molecule has 2 rings (SSSR count). The first-order chi connectivity index (χ1) is 8.74. The van der Waals surface area contributed by atoms with Gasteiger partial charge in [0.2, 0.25) is 0 Å². The minimum atomic E-state index is -0.270. The maximum absolute atomic E-state index is 12.6. The monoisotopic (exact) mass is 240 g/mol. The highest BCUT2D eigenvalue weighted by Gasteiger charge is 1.92. The third-order valence-electron chi connectivity index (χ3n) is 2.41. The average Bonchev–Trinajstić information content (AvgIpc) is 2.39. The maximum Gasteiger partial charge on any atom is 0.149 e. The predicted molar refractivity (Wildman–Crippen MR) is 70.0 cm³/mol. The number of hydrogen-bond acceptors (Lipinski definition) is 1. The van der Waals surface area contributed by atoms with Crippen molar-refractivity contribution >= 4 is 0 Å².